The lowest BCUT2D eigenvalue weighted by molar-refractivity contribution is 0.181. The van der Waals surface area contributed by atoms with Gasteiger partial charge >= 0.3 is 0 Å². The third-order valence-corrected chi connectivity index (χ3v) is 1.69. The molecule has 13 heavy (non-hydrogen) atoms. The summed E-state index contributed by atoms with van der Waals surface area (Å²) in [7, 11) is 1.66. The van der Waals surface area contributed by atoms with Crippen LogP contribution in [0.3, 0.4) is 0 Å². The van der Waals surface area contributed by atoms with Crippen molar-refractivity contribution in [2.24, 2.45) is 0 Å². The number of hydrogen-bond acceptors (Lipinski definition) is 2. The van der Waals surface area contributed by atoms with E-state index in [4.69, 9.17) is 9.47 Å². The number of methoxy groups -OCH3 is 1. The van der Waals surface area contributed by atoms with Crippen molar-refractivity contribution >= 4 is 0 Å². The summed E-state index contributed by atoms with van der Waals surface area (Å²) in [4.78, 5) is 0. The van der Waals surface area contributed by atoms with E-state index in [2.05, 4.69) is 0 Å². The average molecular weight is 179 g/mol. The highest BCUT2D eigenvalue weighted by atomic mass is 16.5. The molecule has 0 bridgehead atoms. The first-order chi connectivity index (χ1) is 6.36. The topological polar surface area (TPSA) is 18.5 Å². The van der Waals surface area contributed by atoms with Crippen LogP contribution in [0.15, 0.2) is 24.3 Å². The Morgan fingerprint density at radius 3 is 2.46 bits per heavy atom. The van der Waals surface area contributed by atoms with E-state index in [1.54, 1.807) is 7.11 Å². The van der Waals surface area contributed by atoms with Gasteiger partial charge in [-0.3, -0.25) is 0 Å². The van der Waals surface area contributed by atoms with Gasteiger partial charge in [0, 0.05) is 0 Å². The minimum absolute atomic E-state index is 0.637. The summed E-state index contributed by atoms with van der Waals surface area (Å²) in [5, 5.41) is 0. The number of hydrogen-bond donors (Lipinski definition) is 0. The zero-order chi connectivity index (χ0) is 9.52. The summed E-state index contributed by atoms with van der Waals surface area (Å²) in [5.41, 5.74) is 1.16. The predicted molar refractivity (Wildman–Crippen MR) is 52.4 cm³/mol. The van der Waals surface area contributed by atoms with E-state index in [-0.39, 0.29) is 0 Å². The first-order valence-corrected chi connectivity index (χ1v) is 4.43. The normalized spacial score (nSPS) is 10.0. The maximum absolute atomic E-state index is 5.28. The molecule has 1 rings (SSSR count). The Morgan fingerprint density at radius 1 is 1.23 bits per heavy atom. The zero-order valence-electron chi connectivity index (χ0n) is 8.12. The molecule has 0 saturated carbocycles. The Bertz CT molecular complexity index is 228. The van der Waals surface area contributed by atoms with Gasteiger partial charge in [0.2, 0.25) is 0 Å². The van der Waals surface area contributed by atoms with Crippen molar-refractivity contribution in [3.05, 3.63) is 36.4 Å². The molecule has 0 heterocycles. The van der Waals surface area contributed by atoms with Crippen molar-refractivity contribution in [2.45, 2.75) is 20.0 Å². The predicted octanol–water partition coefficient (Wildman–Crippen LogP) is 2.78. The minimum Gasteiger partial charge on any atom is -0.497 e. The van der Waals surface area contributed by atoms with Crippen molar-refractivity contribution in [1.29, 1.82) is 0 Å². The van der Waals surface area contributed by atoms with Gasteiger partial charge in [0.25, 0.3) is 0 Å². The quantitative estimate of drug-likeness (QED) is 0.647. The SMILES string of the molecule is CC[CH]OCc1ccc(OC)cc1. The minimum atomic E-state index is 0.637. The molecule has 1 radical (unpaired) electrons. The summed E-state index contributed by atoms with van der Waals surface area (Å²) in [6, 6.07) is 7.87. The van der Waals surface area contributed by atoms with Gasteiger partial charge < -0.3 is 9.47 Å². The van der Waals surface area contributed by atoms with Gasteiger partial charge in [-0.05, 0) is 24.1 Å². The van der Waals surface area contributed by atoms with Gasteiger partial charge in [-0.1, -0.05) is 19.1 Å². The Hall–Kier alpha value is -1.02. The molecular weight excluding hydrogens is 164 g/mol. The summed E-state index contributed by atoms with van der Waals surface area (Å²) < 4.78 is 10.3. The Labute approximate surface area is 79.5 Å². The Kier molecular flexibility index (Phi) is 4.33. The second-order valence-corrected chi connectivity index (χ2v) is 2.73. The van der Waals surface area contributed by atoms with Crippen molar-refractivity contribution in [3.63, 3.8) is 0 Å². The average Bonchev–Trinajstić information content (AvgIpc) is 2.19. The highest BCUT2D eigenvalue weighted by Gasteiger charge is 1.93. The third kappa shape index (κ3) is 3.47. The van der Waals surface area contributed by atoms with E-state index in [0.717, 1.165) is 17.7 Å². The lowest BCUT2D eigenvalue weighted by Crippen LogP contribution is -1.90. The summed E-state index contributed by atoms with van der Waals surface area (Å²) in [5.74, 6) is 0.878. The van der Waals surface area contributed by atoms with E-state index in [9.17, 15) is 0 Å². The molecule has 0 aromatic heterocycles. The smallest absolute Gasteiger partial charge is 0.118 e. The molecule has 0 aliphatic carbocycles. The van der Waals surface area contributed by atoms with Crippen molar-refractivity contribution in [1.82, 2.24) is 0 Å². The third-order valence-electron chi connectivity index (χ3n) is 1.69. The van der Waals surface area contributed by atoms with Crippen LogP contribution in [-0.2, 0) is 11.3 Å². The highest BCUT2D eigenvalue weighted by Crippen LogP contribution is 2.12. The molecule has 0 atom stereocenters. The van der Waals surface area contributed by atoms with Crippen LogP contribution < -0.4 is 4.74 Å². The molecular formula is C11H15O2. The lowest BCUT2D eigenvalue weighted by atomic mass is 10.2. The van der Waals surface area contributed by atoms with E-state index in [0.29, 0.717) is 6.61 Å². The molecule has 0 fully saturated rings. The van der Waals surface area contributed by atoms with Crippen molar-refractivity contribution in [2.75, 3.05) is 7.11 Å². The molecule has 0 aliphatic rings. The molecule has 0 unspecified atom stereocenters. The number of ether oxygens (including phenoxy) is 2. The van der Waals surface area contributed by atoms with Gasteiger partial charge in [0.05, 0.1) is 20.3 Å². The van der Waals surface area contributed by atoms with Gasteiger partial charge in [0.1, 0.15) is 5.75 Å². The second kappa shape index (κ2) is 5.60. The lowest BCUT2D eigenvalue weighted by Gasteiger charge is -2.03. The van der Waals surface area contributed by atoms with Crippen LogP contribution in [0.1, 0.15) is 18.9 Å². The van der Waals surface area contributed by atoms with Gasteiger partial charge in [0.15, 0.2) is 0 Å². The van der Waals surface area contributed by atoms with Gasteiger partial charge in [-0.15, -0.1) is 0 Å². The summed E-state index contributed by atoms with van der Waals surface area (Å²) >= 11 is 0. The Balaban J connectivity index is 2.40. The maximum Gasteiger partial charge on any atom is 0.118 e. The van der Waals surface area contributed by atoms with E-state index in [1.807, 2.05) is 37.8 Å². The van der Waals surface area contributed by atoms with Gasteiger partial charge in [-0.2, -0.15) is 0 Å². The standard InChI is InChI=1S/C11H15O2/c1-3-8-13-9-10-4-6-11(12-2)7-5-10/h4-8H,3,9H2,1-2H3. The fourth-order valence-corrected chi connectivity index (χ4v) is 0.995. The molecule has 0 N–H and O–H groups in total. The molecule has 0 amide bonds. The monoisotopic (exact) mass is 179 g/mol. The molecule has 1 aromatic carbocycles. The van der Waals surface area contributed by atoms with E-state index < -0.39 is 0 Å². The van der Waals surface area contributed by atoms with Crippen LogP contribution in [-0.4, -0.2) is 7.11 Å². The van der Waals surface area contributed by atoms with Crippen LogP contribution in [0.2, 0.25) is 0 Å². The van der Waals surface area contributed by atoms with Crippen LogP contribution in [0, 0.1) is 6.61 Å². The molecule has 1 aromatic rings. The number of benzene rings is 1. The van der Waals surface area contributed by atoms with Crippen molar-refractivity contribution < 1.29 is 9.47 Å². The van der Waals surface area contributed by atoms with Crippen LogP contribution in [0.5, 0.6) is 5.75 Å². The molecule has 2 nitrogen and oxygen atoms in total. The molecule has 0 saturated heterocycles. The largest absolute Gasteiger partial charge is 0.497 e. The summed E-state index contributed by atoms with van der Waals surface area (Å²) in [6.07, 6.45) is 0.941. The highest BCUT2D eigenvalue weighted by molar-refractivity contribution is 5.26. The number of rotatable bonds is 5. The van der Waals surface area contributed by atoms with E-state index in [1.165, 1.54) is 0 Å². The zero-order valence-corrected chi connectivity index (χ0v) is 8.12. The van der Waals surface area contributed by atoms with Crippen LogP contribution in [0.4, 0.5) is 0 Å². The fourth-order valence-electron chi connectivity index (χ4n) is 0.995. The molecule has 0 aliphatic heterocycles. The Morgan fingerprint density at radius 2 is 1.92 bits per heavy atom. The van der Waals surface area contributed by atoms with Crippen LogP contribution in [0.25, 0.3) is 0 Å². The summed E-state index contributed by atoms with van der Waals surface area (Å²) in [6.45, 7) is 4.50. The second-order valence-electron chi connectivity index (χ2n) is 2.73. The van der Waals surface area contributed by atoms with E-state index >= 15 is 0 Å². The van der Waals surface area contributed by atoms with Gasteiger partial charge in [-0.25, -0.2) is 0 Å². The maximum atomic E-state index is 5.28. The van der Waals surface area contributed by atoms with Crippen LogP contribution >= 0.6 is 0 Å². The molecule has 71 valence electrons. The molecule has 2 heteroatoms. The molecule has 0 spiro atoms. The fraction of sp³-hybridized carbons (Fsp3) is 0.364. The first kappa shape index (κ1) is 10.1. The first-order valence-electron chi connectivity index (χ1n) is 4.43. The van der Waals surface area contributed by atoms with Crippen molar-refractivity contribution in [3.8, 4) is 5.75 Å².